The van der Waals surface area contributed by atoms with Crippen LogP contribution in [0.5, 0.6) is 0 Å². The van der Waals surface area contributed by atoms with Crippen LogP contribution in [0.25, 0.3) is 0 Å². The summed E-state index contributed by atoms with van der Waals surface area (Å²) in [4.78, 5) is 0. The maximum atomic E-state index is 9.12. The topological polar surface area (TPSA) is 110 Å². The van der Waals surface area contributed by atoms with E-state index in [0.29, 0.717) is 0 Å². The van der Waals surface area contributed by atoms with Crippen LogP contribution in [0.1, 0.15) is 0 Å². The summed E-state index contributed by atoms with van der Waals surface area (Å²) in [5.41, 5.74) is 0. The largest absolute Gasteiger partial charge is 0.394 e. The van der Waals surface area contributed by atoms with Gasteiger partial charge in [0.05, 0.1) is 6.61 Å². The van der Waals surface area contributed by atoms with Gasteiger partial charge < -0.3 is 30.3 Å². The number of halogens is 1. The number of hydrogen-bond donors (Lipinski definition) is 5. The van der Waals surface area contributed by atoms with Crippen molar-refractivity contribution in [2.24, 2.45) is 0 Å². The second-order valence-electron chi connectivity index (χ2n) is 2.72. The Morgan fingerprint density at radius 1 is 0.923 bits per heavy atom. The summed E-state index contributed by atoms with van der Waals surface area (Å²) in [5.74, 6) is 0. The zero-order valence-electron chi connectivity index (χ0n) is 6.65. The Bertz CT molecular complexity index is 151. The SMILES string of the molecule is Cl.OC[C@H]1O[C@H](O)[C@@H](O)[C@@H](O)[C@@H]1O. The minimum Gasteiger partial charge on any atom is -0.394 e. The van der Waals surface area contributed by atoms with Crippen LogP contribution >= 0.6 is 12.4 Å². The van der Waals surface area contributed by atoms with Gasteiger partial charge in [-0.05, 0) is 0 Å². The average molecular weight is 217 g/mol. The van der Waals surface area contributed by atoms with E-state index in [9.17, 15) is 0 Å². The summed E-state index contributed by atoms with van der Waals surface area (Å²) in [6, 6.07) is 0. The minimum atomic E-state index is -1.57. The molecule has 80 valence electrons. The molecule has 5 N–H and O–H groups in total. The molecule has 0 bridgehead atoms. The van der Waals surface area contributed by atoms with Crippen LogP contribution in [0.3, 0.4) is 0 Å². The molecule has 1 heterocycles. The molecule has 1 saturated heterocycles. The van der Waals surface area contributed by atoms with Crippen LogP contribution in [0.2, 0.25) is 0 Å². The molecule has 1 aliphatic rings. The van der Waals surface area contributed by atoms with Gasteiger partial charge in [0.25, 0.3) is 0 Å². The molecule has 1 aliphatic heterocycles. The molecule has 0 aromatic rings. The standard InChI is InChI=1S/C6H12O6.ClH/c7-1-2-3(8)4(9)5(10)6(11)12-2;/h2-11H,1H2;1H/t2-,3-,4+,5+,6+;/m1./s1. The van der Waals surface area contributed by atoms with Crippen LogP contribution in [0.15, 0.2) is 0 Å². The van der Waals surface area contributed by atoms with E-state index in [0.717, 1.165) is 0 Å². The molecule has 0 spiro atoms. The number of ether oxygens (including phenoxy) is 1. The lowest BCUT2D eigenvalue weighted by molar-refractivity contribution is -0.286. The van der Waals surface area contributed by atoms with E-state index in [1.807, 2.05) is 0 Å². The normalized spacial score (nSPS) is 45.5. The Morgan fingerprint density at radius 3 is 1.92 bits per heavy atom. The van der Waals surface area contributed by atoms with E-state index in [4.69, 9.17) is 25.5 Å². The third kappa shape index (κ3) is 2.50. The van der Waals surface area contributed by atoms with Crippen LogP contribution in [-0.2, 0) is 4.74 Å². The molecule has 5 atom stereocenters. The van der Waals surface area contributed by atoms with Crippen molar-refractivity contribution in [3.8, 4) is 0 Å². The van der Waals surface area contributed by atoms with Crippen molar-refractivity contribution in [3.05, 3.63) is 0 Å². The fourth-order valence-corrected chi connectivity index (χ4v) is 1.08. The average Bonchev–Trinajstić information content (AvgIpc) is 2.08. The molecule has 0 amide bonds. The lowest BCUT2D eigenvalue weighted by Gasteiger charge is -2.37. The zero-order chi connectivity index (χ0) is 9.30. The second-order valence-corrected chi connectivity index (χ2v) is 2.72. The highest BCUT2D eigenvalue weighted by Gasteiger charge is 2.42. The summed E-state index contributed by atoms with van der Waals surface area (Å²) in [7, 11) is 0. The summed E-state index contributed by atoms with van der Waals surface area (Å²) in [6.07, 6.45) is -7.04. The fourth-order valence-electron chi connectivity index (χ4n) is 1.08. The fraction of sp³-hybridized carbons (Fsp3) is 1.00. The van der Waals surface area contributed by atoms with Crippen molar-refractivity contribution in [3.63, 3.8) is 0 Å². The van der Waals surface area contributed by atoms with Crippen molar-refractivity contribution < 1.29 is 30.3 Å². The first kappa shape index (κ1) is 13.1. The van der Waals surface area contributed by atoms with Gasteiger partial charge in [0.15, 0.2) is 6.29 Å². The summed E-state index contributed by atoms with van der Waals surface area (Å²) in [5, 5.41) is 44.7. The van der Waals surface area contributed by atoms with Crippen molar-refractivity contribution in [1.82, 2.24) is 0 Å². The summed E-state index contributed by atoms with van der Waals surface area (Å²) < 4.78 is 4.58. The number of aliphatic hydroxyl groups is 5. The Kier molecular flexibility index (Phi) is 5.08. The van der Waals surface area contributed by atoms with E-state index in [-0.39, 0.29) is 12.4 Å². The van der Waals surface area contributed by atoms with Gasteiger partial charge in [0.2, 0.25) is 0 Å². The minimum absolute atomic E-state index is 0. The van der Waals surface area contributed by atoms with Gasteiger partial charge in [-0.1, -0.05) is 0 Å². The molecule has 1 rings (SSSR count). The molecule has 7 heteroatoms. The van der Waals surface area contributed by atoms with Gasteiger partial charge in [-0.2, -0.15) is 0 Å². The van der Waals surface area contributed by atoms with E-state index in [2.05, 4.69) is 4.74 Å². The van der Waals surface area contributed by atoms with Gasteiger partial charge in [0, 0.05) is 0 Å². The Labute approximate surface area is 80.8 Å². The van der Waals surface area contributed by atoms with Gasteiger partial charge in [-0.25, -0.2) is 0 Å². The highest BCUT2D eigenvalue weighted by molar-refractivity contribution is 5.85. The Hall–Kier alpha value is 0.0500. The predicted octanol–water partition coefficient (Wildman–Crippen LogP) is -2.80. The summed E-state index contributed by atoms with van der Waals surface area (Å²) in [6.45, 7) is -0.526. The molecule has 0 aliphatic carbocycles. The summed E-state index contributed by atoms with van der Waals surface area (Å²) >= 11 is 0. The third-order valence-corrected chi connectivity index (χ3v) is 1.87. The van der Waals surface area contributed by atoms with E-state index >= 15 is 0 Å². The van der Waals surface area contributed by atoms with E-state index in [1.54, 1.807) is 0 Å². The maximum Gasteiger partial charge on any atom is 0.184 e. The maximum absolute atomic E-state index is 9.12. The molecule has 1 fully saturated rings. The van der Waals surface area contributed by atoms with Crippen molar-refractivity contribution in [1.29, 1.82) is 0 Å². The van der Waals surface area contributed by atoms with E-state index < -0.39 is 37.3 Å². The molecule has 6 nitrogen and oxygen atoms in total. The molecule has 0 unspecified atom stereocenters. The van der Waals surface area contributed by atoms with Gasteiger partial charge in [-0.3, -0.25) is 0 Å². The lowest BCUT2D eigenvalue weighted by Crippen LogP contribution is -2.58. The first-order valence-corrected chi connectivity index (χ1v) is 3.56. The van der Waals surface area contributed by atoms with Crippen molar-refractivity contribution in [2.75, 3.05) is 6.61 Å². The molecule has 0 aromatic carbocycles. The van der Waals surface area contributed by atoms with E-state index in [1.165, 1.54) is 0 Å². The third-order valence-electron chi connectivity index (χ3n) is 1.87. The Balaban J connectivity index is 0.00000144. The monoisotopic (exact) mass is 216 g/mol. The van der Waals surface area contributed by atoms with Crippen LogP contribution in [0, 0.1) is 0 Å². The quantitative estimate of drug-likeness (QED) is 0.324. The number of rotatable bonds is 1. The predicted molar refractivity (Wildman–Crippen MR) is 43.2 cm³/mol. The molecular weight excluding hydrogens is 204 g/mol. The van der Waals surface area contributed by atoms with Crippen LogP contribution < -0.4 is 0 Å². The van der Waals surface area contributed by atoms with Gasteiger partial charge in [0.1, 0.15) is 24.4 Å². The zero-order valence-corrected chi connectivity index (χ0v) is 7.46. The number of hydrogen-bond acceptors (Lipinski definition) is 6. The molecule has 0 aromatic heterocycles. The van der Waals surface area contributed by atoms with Gasteiger partial charge >= 0.3 is 0 Å². The van der Waals surface area contributed by atoms with Crippen LogP contribution in [-0.4, -0.2) is 62.8 Å². The smallest absolute Gasteiger partial charge is 0.184 e. The molecule has 0 saturated carbocycles. The Morgan fingerprint density at radius 2 is 1.46 bits per heavy atom. The molecular formula is C6H13ClO6. The highest BCUT2D eigenvalue weighted by atomic mass is 35.5. The number of aliphatic hydroxyl groups excluding tert-OH is 5. The first-order valence-electron chi connectivity index (χ1n) is 3.56. The highest BCUT2D eigenvalue weighted by Crippen LogP contribution is 2.18. The van der Waals surface area contributed by atoms with Crippen LogP contribution in [0.4, 0.5) is 0 Å². The molecule has 13 heavy (non-hydrogen) atoms. The van der Waals surface area contributed by atoms with Crippen molar-refractivity contribution in [2.45, 2.75) is 30.7 Å². The van der Waals surface area contributed by atoms with Gasteiger partial charge in [-0.15, -0.1) is 12.4 Å². The second kappa shape index (κ2) is 5.06. The van der Waals surface area contributed by atoms with Crippen molar-refractivity contribution >= 4 is 12.4 Å². The lowest BCUT2D eigenvalue weighted by atomic mass is 10.00. The first-order chi connectivity index (χ1) is 5.57. The molecule has 0 radical (unpaired) electrons.